The molecule has 116 valence electrons. The minimum Gasteiger partial charge on any atom is -0.469 e. The van der Waals surface area contributed by atoms with Crippen LogP contribution in [0.15, 0.2) is 34.9 Å². The van der Waals surface area contributed by atoms with E-state index in [2.05, 4.69) is 5.32 Å². The molecule has 1 atom stereocenters. The molecule has 1 amide bonds. The first-order chi connectivity index (χ1) is 10.4. The second kappa shape index (κ2) is 6.38. The Morgan fingerprint density at radius 1 is 1.23 bits per heavy atom. The standard InChI is InChI=1S/C15H13F2NO4/c1-8-11(5-6-21-8)15(20)22-9(2)14(19)18-10-3-4-12(16)13(17)7-10/h3-7,9H,1-2H3,(H,18,19)/t9-/m0/s1. The molecule has 1 aromatic carbocycles. The normalized spacial score (nSPS) is 11.8. The number of nitrogens with one attached hydrogen (secondary N) is 1. The van der Waals surface area contributed by atoms with Crippen molar-refractivity contribution >= 4 is 17.6 Å². The summed E-state index contributed by atoms with van der Waals surface area (Å²) in [6.45, 7) is 2.95. The van der Waals surface area contributed by atoms with Gasteiger partial charge in [-0.25, -0.2) is 13.6 Å². The van der Waals surface area contributed by atoms with Crippen LogP contribution in [0.2, 0.25) is 0 Å². The highest BCUT2D eigenvalue weighted by Crippen LogP contribution is 2.15. The Bertz CT molecular complexity index is 711. The Balaban J connectivity index is 1.98. The van der Waals surface area contributed by atoms with Crippen LogP contribution >= 0.6 is 0 Å². The number of halogens is 2. The van der Waals surface area contributed by atoms with Gasteiger partial charge in [-0.15, -0.1) is 0 Å². The van der Waals surface area contributed by atoms with E-state index in [0.717, 1.165) is 12.1 Å². The lowest BCUT2D eigenvalue weighted by Crippen LogP contribution is -2.30. The smallest absolute Gasteiger partial charge is 0.342 e. The fourth-order valence-corrected chi connectivity index (χ4v) is 1.69. The van der Waals surface area contributed by atoms with Crippen molar-refractivity contribution in [2.24, 2.45) is 0 Å². The molecule has 2 aromatic rings. The maximum absolute atomic E-state index is 13.0. The highest BCUT2D eigenvalue weighted by Gasteiger charge is 2.21. The molecule has 0 saturated heterocycles. The number of furan rings is 1. The average molecular weight is 309 g/mol. The number of hydrogen-bond acceptors (Lipinski definition) is 4. The van der Waals surface area contributed by atoms with Gasteiger partial charge in [0.15, 0.2) is 17.7 Å². The van der Waals surface area contributed by atoms with E-state index in [1.807, 2.05) is 0 Å². The maximum atomic E-state index is 13.0. The lowest BCUT2D eigenvalue weighted by Gasteiger charge is -2.13. The fourth-order valence-electron chi connectivity index (χ4n) is 1.69. The second-order valence-electron chi connectivity index (χ2n) is 4.56. The van der Waals surface area contributed by atoms with Gasteiger partial charge < -0.3 is 14.5 Å². The van der Waals surface area contributed by atoms with Gasteiger partial charge in [0.1, 0.15) is 11.3 Å². The summed E-state index contributed by atoms with van der Waals surface area (Å²) in [5, 5.41) is 2.33. The van der Waals surface area contributed by atoms with Crippen molar-refractivity contribution in [1.29, 1.82) is 0 Å². The van der Waals surface area contributed by atoms with Gasteiger partial charge in [-0.05, 0) is 32.0 Å². The van der Waals surface area contributed by atoms with Gasteiger partial charge in [-0.1, -0.05) is 0 Å². The van der Waals surface area contributed by atoms with E-state index in [1.165, 1.54) is 25.3 Å². The van der Waals surface area contributed by atoms with Gasteiger partial charge in [0.05, 0.1) is 6.26 Å². The monoisotopic (exact) mass is 309 g/mol. The molecule has 1 aromatic heterocycles. The molecule has 2 rings (SSSR count). The zero-order chi connectivity index (χ0) is 16.3. The third-order valence-electron chi connectivity index (χ3n) is 2.92. The van der Waals surface area contributed by atoms with E-state index in [-0.39, 0.29) is 11.3 Å². The second-order valence-corrected chi connectivity index (χ2v) is 4.56. The van der Waals surface area contributed by atoms with Gasteiger partial charge in [0, 0.05) is 11.8 Å². The quantitative estimate of drug-likeness (QED) is 0.881. The molecule has 0 aliphatic carbocycles. The van der Waals surface area contributed by atoms with E-state index in [9.17, 15) is 18.4 Å². The van der Waals surface area contributed by atoms with Crippen molar-refractivity contribution < 1.29 is 27.5 Å². The fraction of sp³-hybridized carbons (Fsp3) is 0.200. The summed E-state index contributed by atoms with van der Waals surface area (Å²) in [5.74, 6) is -3.11. The van der Waals surface area contributed by atoms with E-state index < -0.39 is 29.6 Å². The predicted molar refractivity (Wildman–Crippen MR) is 73.3 cm³/mol. The van der Waals surface area contributed by atoms with Gasteiger partial charge >= 0.3 is 5.97 Å². The molecule has 0 spiro atoms. The number of esters is 1. The van der Waals surface area contributed by atoms with E-state index in [0.29, 0.717) is 5.76 Å². The first-order valence-electron chi connectivity index (χ1n) is 6.39. The molecule has 0 unspecified atom stereocenters. The average Bonchev–Trinajstić information content (AvgIpc) is 2.89. The molecule has 1 N–H and O–H groups in total. The molecule has 22 heavy (non-hydrogen) atoms. The number of carbonyl (C=O) groups excluding carboxylic acids is 2. The van der Waals surface area contributed by atoms with Crippen molar-refractivity contribution in [2.45, 2.75) is 20.0 Å². The molecule has 0 radical (unpaired) electrons. The molecule has 0 aliphatic heterocycles. The van der Waals surface area contributed by atoms with Crippen LogP contribution in [0, 0.1) is 18.6 Å². The minimum atomic E-state index is -1.12. The van der Waals surface area contributed by atoms with Crippen LogP contribution < -0.4 is 5.32 Å². The Labute approximate surface area is 124 Å². The van der Waals surface area contributed by atoms with Crippen molar-refractivity contribution in [1.82, 2.24) is 0 Å². The largest absolute Gasteiger partial charge is 0.469 e. The zero-order valence-corrected chi connectivity index (χ0v) is 11.9. The van der Waals surface area contributed by atoms with Crippen molar-refractivity contribution in [2.75, 3.05) is 5.32 Å². The highest BCUT2D eigenvalue weighted by molar-refractivity contribution is 5.97. The van der Waals surface area contributed by atoms with Crippen LogP contribution in [0.4, 0.5) is 14.5 Å². The topological polar surface area (TPSA) is 68.5 Å². The summed E-state index contributed by atoms with van der Waals surface area (Å²) in [7, 11) is 0. The number of amides is 1. The third-order valence-corrected chi connectivity index (χ3v) is 2.92. The Morgan fingerprint density at radius 2 is 1.95 bits per heavy atom. The van der Waals surface area contributed by atoms with Crippen molar-refractivity contribution in [3.8, 4) is 0 Å². The summed E-state index contributed by atoms with van der Waals surface area (Å²) in [6, 6.07) is 4.35. The Morgan fingerprint density at radius 3 is 2.55 bits per heavy atom. The first kappa shape index (κ1) is 15.7. The van der Waals surface area contributed by atoms with Crippen LogP contribution in [-0.2, 0) is 9.53 Å². The van der Waals surface area contributed by atoms with Crippen LogP contribution in [0.25, 0.3) is 0 Å². The third kappa shape index (κ3) is 3.49. The van der Waals surface area contributed by atoms with Crippen molar-refractivity contribution in [3.05, 3.63) is 53.5 Å². The summed E-state index contributed by atoms with van der Waals surface area (Å²) in [6.07, 6.45) is 0.215. The molecule has 0 saturated carbocycles. The lowest BCUT2D eigenvalue weighted by atomic mass is 10.2. The number of rotatable bonds is 4. The van der Waals surface area contributed by atoms with Gasteiger partial charge in [0.25, 0.3) is 5.91 Å². The molecule has 5 nitrogen and oxygen atoms in total. The van der Waals surface area contributed by atoms with E-state index in [1.54, 1.807) is 6.92 Å². The zero-order valence-electron chi connectivity index (χ0n) is 11.9. The molecular weight excluding hydrogens is 296 g/mol. The van der Waals surface area contributed by atoms with Crippen LogP contribution in [0.3, 0.4) is 0 Å². The molecule has 0 fully saturated rings. The Kier molecular flexibility index (Phi) is 4.55. The predicted octanol–water partition coefficient (Wildman–Crippen LogP) is 3.05. The van der Waals surface area contributed by atoms with Gasteiger partial charge in [0.2, 0.25) is 0 Å². The van der Waals surface area contributed by atoms with E-state index in [4.69, 9.17) is 9.15 Å². The van der Waals surface area contributed by atoms with Crippen molar-refractivity contribution in [3.63, 3.8) is 0 Å². The maximum Gasteiger partial charge on any atom is 0.342 e. The Hall–Kier alpha value is -2.70. The molecule has 0 bridgehead atoms. The van der Waals surface area contributed by atoms with Gasteiger partial charge in [-0.2, -0.15) is 0 Å². The minimum absolute atomic E-state index is 0.0614. The van der Waals surface area contributed by atoms with Crippen LogP contribution in [0.5, 0.6) is 0 Å². The number of carbonyl (C=O) groups is 2. The molecule has 7 heteroatoms. The SMILES string of the molecule is Cc1occc1C(=O)O[C@@H](C)C(=O)Nc1ccc(F)c(F)c1. The molecule has 1 heterocycles. The van der Waals surface area contributed by atoms with Crippen LogP contribution in [0.1, 0.15) is 23.0 Å². The number of benzene rings is 1. The summed E-state index contributed by atoms with van der Waals surface area (Å²) >= 11 is 0. The molecular formula is C15H13F2NO4. The molecule has 0 aliphatic rings. The summed E-state index contributed by atoms with van der Waals surface area (Å²) in [4.78, 5) is 23.7. The summed E-state index contributed by atoms with van der Waals surface area (Å²) < 4.78 is 35.8. The highest BCUT2D eigenvalue weighted by atomic mass is 19.2. The summed E-state index contributed by atoms with van der Waals surface area (Å²) in [5.41, 5.74) is 0.277. The van der Waals surface area contributed by atoms with Crippen LogP contribution in [-0.4, -0.2) is 18.0 Å². The van der Waals surface area contributed by atoms with Gasteiger partial charge in [-0.3, -0.25) is 4.79 Å². The first-order valence-corrected chi connectivity index (χ1v) is 6.39. The number of anilines is 1. The number of hydrogen-bond donors (Lipinski definition) is 1. The lowest BCUT2D eigenvalue weighted by molar-refractivity contribution is -0.123. The van der Waals surface area contributed by atoms with E-state index >= 15 is 0 Å². The number of aryl methyl sites for hydroxylation is 1. The number of ether oxygens (including phenoxy) is 1.